The molecule has 0 radical (unpaired) electrons. The Kier molecular flexibility index (Phi) is 7.98. The third-order valence-corrected chi connectivity index (χ3v) is 13.4. The lowest BCUT2D eigenvalue weighted by Crippen LogP contribution is -1.97. The Morgan fingerprint density at radius 3 is 1.30 bits per heavy atom. The molecule has 63 heavy (non-hydrogen) atoms. The summed E-state index contributed by atoms with van der Waals surface area (Å²) in [7, 11) is 0. The molecule has 0 atom stereocenters. The summed E-state index contributed by atoms with van der Waals surface area (Å²) in [6.45, 7) is 0. The van der Waals surface area contributed by atoms with Crippen molar-refractivity contribution in [2.45, 2.75) is 0 Å². The van der Waals surface area contributed by atoms with Crippen molar-refractivity contribution in [3.8, 4) is 50.2 Å². The maximum absolute atomic E-state index is 2.51. The van der Waals surface area contributed by atoms with Gasteiger partial charge in [0.1, 0.15) is 0 Å². The molecule has 1 heteroatoms. The van der Waals surface area contributed by atoms with Crippen molar-refractivity contribution in [2.75, 3.05) is 0 Å². The lowest BCUT2D eigenvalue weighted by molar-refractivity contribution is 1.20. The van der Waals surface area contributed by atoms with E-state index >= 15 is 0 Å². The highest BCUT2D eigenvalue weighted by molar-refractivity contribution is 6.29. The van der Waals surface area contributed by atoms with Gasteiger partial charge in [-0.05, 0) is 117 Å². The standard InChI is InChI=1S/C62H39N/c1-3-15-40(16-4-1)41-27-29-42(30-28-41)46-31-34-54-55(39-46)59(45-19-5-2-6-20-45)51-25-13-14-26-52(51)60(54)53-35-38-56(50-24-12-11-23-49(50)53)63-57-36-32-43-17-7-9-21-47(43)61(57)62-48-22-10-8-18-44(48)33-37-58(62)63/h1-39H. The second-order valence-electron chi connectivity index (χ2n) is 16.7. The molecule has 13 rings (SSSR count). The van der Waals surface area contributed by atoms with Crippen LogP contribution in [0.5, 0.6) is 0 Å². The maximum Gasteiger partial charge on any atom is 0.0548 e. The van der Waals surface area contributed by atoms with Gasteiger partial charge in [0, 0.05) is 16.2 Å². The molecular formula is C62H39N. The van der Waals surface area contributed by atoms with Gasteiger partial charge in [-0.25, -0.2) is 0 Å². The predicted molar refractivity (Wildman–Crippen MR) is 270 cm³/mol. The molecule has 0 saturated heterocycles. The summed E-state index contributed by atoms with van der Waals surface area (Å²) in [6, 6.07) is 87.3. The zero-order valence-electron chi connectivity index (χ0n) is 34.5. The third-order valence-electron chi connectivity index (χ3n) is 13.4. The van der Waals surface area contributed by atoms with Crippen LogP contribution in [0.25, 0.3) is 126 Å². The molecule has 292 valence electrons. The summed E-state index contributed by atoms with van der Waals surface area (Å²) in [4.78, 5) is 0. The van der Waals surface area contributed by atoms with Gasteiger partial charge in [0.05, 0.1) is 16.7 Å². The van der Waals surface area contributed by atoms with Crippen molar-refractivity contribution in [1.29, 1.82) is 0 Å². The van der Waals surface area contributed by atoms with Gasteiger partial charge >= 0.3 is 0 Å². The Labute approximate surface area is 365 Å². The van der Waals surface area contributed by atoms with E-state index in [1.54, 1.807) is 0 Å². The molecule has 0 aliphatic carbocycles. The van der Waals surface area contributed by atoms with E-state index in [1.807, 2.05) is 0 Å². The summed E-state index contributed by atoms with van der Waals surface area (Å²) < 4.78 is 2.51. The summed E-state index contributed by atoms with van der Waals surface area (Å²) in [5.74, 6) is 0. The summed E-state index contributed by atoms with van der Waals surface area (Å²) >= 11 is 0. The van der Waals surface area contributed by atoms with E-state index in [4.69, 9.17) is 0 Å². The average molecular weight is 798 g/mol. The lowest BCUT2D eigenvalue weighted by Gasteiger charge is -2.21. The van der Waals surface area contributed by atoms with Crippen LogP contribution >= 0.6 is 0 Å². The van der Waals surface area contributed by atoms with Crippen LogP contribution in [0.2, 0.25) is 0 Å². The minimum atomic E-state index is 1.18. The van der Waals surface area contributed by atoms with Gasteiger partial charge in [-0.15, -0.1) is 0 Å². The maximum atomic E-state index is 2.51. The highest BCUT2D eigenvalue weighted by atomic mass is 15.0. The fourth-order valence-corrected chi connectivity index (χ4v) is 10.6. The summed E-state index contributed by atoms with van der Waals surface area (Å²) in [6.07, 6.45) is 0. The third kappa shape index (κ3) is 5.50. The van der Waals surface area contributed by atoms with Crippen molar-refractivity contribution in [2.24, 2.45) is 0 Å². The molecule has 1 aromatic heterocycles. The van der Waals surface area contributed by atoms with Crippen LogP contribution in [0.15, 0.2) is 237 Å². The Morgan fingerprint density at radius 1 is 0.238 bits per heavy atom. The van der Waals surface area contributed by atoms with Gasteiger partial charge in [-0.2, -0.15) is 0 Å². The quantitative estimate of drug-likeness (QED) is 0.153. The molecule has 0 saturated carbocycles. The Bertz CT molecular complexity index is 3840. The van der Waals surface area contributed by atoms with Gasteiger partial charge in [-0.1, -0.05) is 212 Å². The van der Waals surface area contributed by atoms with Crippen LogP contribution in [-0.4, -0.2) is 4.57 Å². The van der Waals surface area contributed by atoms with E-state index in [9.17, 15) is 0 Å². The number of aromatic nitrogens is 1. The first-order valence-corrected chi connectivity index (χ1v) is 21.8. The molecule has 0 N–H and O–H groups in total. The Morgan fingerprint density at radius 2 is 0.683 bits per heavy atom. The molecule has 1 nitrogen and oxygen atoms in total. The highest BCUT2D eigenvalue weighted by Crippen LogP contribution is 2.48. The van der Waals surface area contributed by atoms with Gasteiger partial charge in [-0.3, -0.25) is 0 Å². The fourth-order valence-electron chi connectivity index (χ4n) is 10.6. The molecule has 0 unspecified atom stereocenters. The fraction of sp³-hybridized carbons (Fsp3) is 0. The van der Waals surface area contributed by atoms with Crippen molar-refractivity contribution in [1.82, 2.24) is 4.57 Å². The monoisotopic (exact) mass is 797 g/mol. The molecular weight excluding hydrogens is 759 g/mol. The van der Waals surface area contributed by atoms with Crippen molar-refractivity contribution in [3.05, 3.63) is 237 Å². The van der Waals surface area contributed by atoms with Crippen LogP contribution in [0.3, 0.4) is 0 Å². The number of rotatable bonds is 5. The van der Waals surface area contributed by atoms with Crippen LogP contribution < -0.4 is 0 Å². The van der Waals surface area contributed by atoms with E-state index in [0.29, 0.717) is 0 Å². The van der Waals surface area contributed by atoms with E-state index in [-0.39, 0.29) is 0 Å². The van der Waals surface area contributed by atoms with Crippen LogP contribution in [0, 0.1) is 0 Å². The van der Waals surface area contributed by atoms with Crippen LogP contribution in [0.4, 0.5) is 0 Å². The lowest BCUT2D eigenvalue weighted by atomic mass is 9.83. The van der Waals surface area contributed by atoms with Crippen molar-refractivity contribution in [3.63, 3.8) is 0 Å². The van der Waals surface area contributed by atoms with Crippen molar-refractivity contribution >= 4 is 75.7 Å². The SMILES string of the molecule is c1ccc(-c2ccc(-c3ccc4c(-c5ccc(-n6c7ccc8ccccc8c7c7c8ccccc8ccc76)c6ccccc56)c5ccccc5c(-c5ccccc5)c4c3)cc2)cc1. The average Bonchev–Trinajstić information content (AvgIpc) is 3.71. The van der Waals surface area contributed by atoms with E-state index in [1.165, 1.54) is 126 Å². The van der Waals surface area contributed by atoms with Gasteiger partial charge in [0.2, 0.25) is 0 Å². The van der Waals surface area contributed by atoms with Crippen molar-refractivity contribution < 1.29 is 0 Å². The first kappa shape index (κ1) is 35.5. The molecule has 0 fully saturated rings. The number of nitrogens with zero attached hydrogens (tertiary/aromatic N) is 1. The first-order valence-electron chi connectivity index (χ1n) is 21.8. The highest BCUT2D eigenvalue weighted by Gasteiger charge is 2.22. The van der Waals surface area contributed by atoms with Gasteiger partial charge < -0.3 is 4.57 Å². The second kappa shape index (κ2) is 14.2. The summed E-state index contributed by atoms with van der Waals surface area (Å²) in [5, 5.41) is 15.1. The van der Waals surface area contributed by atoms with Crippen LogP contribution in [0.1, 0.15) is 0 Å². The van der Waals surface area contributed by atoms with E-state index < -0.39 is 0 Å². The predicted octanol–water partition coefficient (Wildman–Crippen LogP) is 17.2. The molecule has 0 aliphatic rings. The topological polar surface area (TPSA) is 4.93 Å². The number of benzene rings is 12. The number of hydrogen-bond acceptors (Lipinski definition) is 0. The second-order valence-corrected chi connectivity index (χ2v) is 16.7. The molecule has 13 aromatic rings. The van der Waals surface area contributed by atoms with Gasteiger partial charge in [0.15, 0.2) is 0 Å². The zero-order valence-corrected chi connectivity index (χ0v) is 34.5. The molecule has 1 heterocycles. The molecule has 0 amide bonds. The zero-order chi connectivity index (χ0) is 41.4. The van der Waals surface area contributed by atoms with Gasteiger partial charge in [0.25, 0.3) is 0 Å². The minimum Gasteiger partial charge on any atom is -0.309 e. The largest absolute Gasteiger partial charge is 0.309 e. The molecule has 12 aromatic carbocycles. The Hall–Kier alpha value is -8.26. The first-order chi connectivity index (χ1) is 31.3. The summed E-state index contributed by atoms with van der Waals surface area (Å²) in [5.41, 5.74) is 13.4. The molecule has 0 aliphatic heterocycles. The minimum absolute atomic E-state index is 1.18. The molecule has 0 spiro atoms. The van der Waals surface area contributed by atoms with Crippen LogP contribution in [-0.2, 0) is 0 Å². The molecule has 0 bridgehead atoms. The Balaban J connectivity index is 1.08. The van der Waals surface area contributed by atoms with E-state index in [2.05, 4.69) is 241 Å². The normalized spacial score (nSPS) is 11.8. The smallest absolute Gasteiger partial charge is 0.0548 e. The number of fused-ring (bicyclic) bond motifs is 10. The number of hydrogen-bond donors (Lipinski definition) is 0. The van der Waals surface area contributed by atoms with E-state index in [0.717, 1.165) is 0 Å².